The van der Waals surface area contributed by atoms with Crippen molar-refractivity contribution in [3.05, 3.63) is 0 Å². The molecule has 0 radical (unpaired) electrons. The lowest BCUT2D eigenvalue weighted by Crippen LogP contribution is -2.54. The fourth-order valence-electron chi connectivity index (χ4n) is 1.83. The molecule has 1 saturated carbocycles. The molecule has 1 rings (SSSR count). The number of carboxylic acid groups (broad SMARTS) is 1. The van der Waals surface area contributed by atoms with Gasteiger partial charge in [-0.25, -0.2) is 9.59 Å². The van der Waals surface area contributed by atoms with Crippen molar-refractivity contribution in [3.8, 4) is 0 Å². The smallest absolute Gasteiger partial charge is 0.326 e. The Kier molecular flexibility index (Phi) is 5.87. The SMILES string of the molecule is CCOC1CC(NC(=O)N[C@H](CCO)C(=O)O)C1. The Morgan fingerprint density at radius 1 is 1.44 bits per heavy atom. The van der Waals surface area contributed by atoms with Crippen molar-refractivity contribution in [2.75, 3.05) is 13.2 Å². The van der Waals surface area contributed by atoms with E-state index in [0.29, 0.717) is 6.61 Å². The first kappa shape index (κ1) is 14.7. The number of carbonyl (C=O) groups is 2. The Morgan fingerprint density at radius 2 is 2.11 bits per heavy atom. The summed E-state index contributed by atoms with van der Waals surface area (Å²) in [5.74, 6) is -1.15. The lowest BCUT2D eigenvalue weighted by atomic mass is 9.89. The molecular weight excluding hydrogens is 240 g/mol. The van der Waals surface area contributed by atoms with E-state index in [2.05, 4.69) is 10.6 Å². The molecule has 0 aliphatic heterocycles. The van der Waals surface area contributed by atoms with Crippen LogP contribution in [0.2, 0.25) is 0 Å². The number of hydrogen-bond donors (Lipinski definition) is 4. The molecule has 18 heavy (non-hydrogen) atoms. The molecule has 0 saturated heterocycles. The molecule has 4 N–H and O–H groups in total. The maximum absolute atomic E-state index is 11.5. The van der Waals surface area contributed by atoms with Gasteiger partial charge in [-0.05, 0) is 19.8 Å². The lowest BCUT2D eigenvalue weighted by Gasteiger charge is -2.35. The summed E-state index contributed by atoms with van der Waals surface area (Å²) in [5, 5.41) is 22.5. The van der Waals surface area contributed by atoms with Gasteiger partial charge in [0.25, 0.3) is 0 Å². The standard InChI is InChI=1S/C11H20N2O5/c1-2-18-8-5-7(6-8)12-11(17)13-9(3-4-14)10(15)16/h7-9,14H,2-6H2,1H3,(H,15,16)(H2,12,13,17)/t7?,8?,9-/m1/s1. The molecular formula is C11H20N2O5. The van der Waals surface area contributed by atoms with Gasteiger partial charge in [0.1, 0.15) is 6.04 Å². The normalized spacial score (nSPS) is 23.9. The second kappa shape index (κ2) is 7.17. The molecule has 1 aliphatic rings. The van der Waals surface area contributed by atoms with Crippen molar-refractivity contribution in [2.24, 2.45) is 0 Å². The summed E-state index contributed by atoms with van der Waals surface area (Å²) >= 11 is 0. The van der Waals surface area contributed by atoms with Gasteiger partial charge in [-0.15, -0.1) is 0 Å². The predicted molar refractivity (Wildman–Crippen MR) is 63.2 cm³/mol. The van der Waals surface area contributed by atoms with Crippen LogP contribution in [-0.4, -0.2) is 53.6 Å². The number of rotatable bonds is 7. The summed E-state index contributed by atoms with van der Waals surface area (Å²) in [5.41, 5.74) is 0. The molecule has 1 fully saturated rings. The van der Waals surface area contributed by atoms with Crippen LogP contribution in [0, 0.1) is 0 Å². The lowest BCUT2D eigenvalue weighted by molar-refractivity contribution is -0.139. The van der Waals surface area contributed by atoms with Crippen LogP contribution in [0.5, 0.6) is 0 Å². The van der Waals surface area contributed by atoms with Gasteiger partial charge in [-0.2, -0.15) is 0 Å². The molecule has 7 nitrogen and oxygen atoms in total. The van der Waals surface area contributed by atoms with Crippen LogP contribution in [0.3, 0.4) is 0 Å². The zero-order valence-electron chi connectivity index (χ0n) is 10.4. The Balaban J connectivity index is 2.23. The van der Waals surface area contributed by atoms with Crippen molar-refractivity contribution in [1.82, 2.24) is 10.6 Å². The monoisotopic (exact) mass is 260 g/mol. The molecule has 0 bridgehead atoms. The van der Waals surface area contributed by atoms with E-state index in [1.165, 1.54) is 0 Å². The summed E-state index contributed by atoms with van der Waals surface area (Å²) in [4.78, 5) is 22.3. The molecule has 0 heterocycles. The largest absolute Gasteiger partial charge is 0.480 e. The third-order valence-electron chi connectivity index (χ3n) is 2.85. The van der Waals surface area contributed by atoms with Gasteiger partial charge in [-0.1, -0.05) is 0 Å². The highest BCUT2D eigenvalue weighted by Gasteiger charge is 2.31. The van der Waals surface area contributed by atoms with E-state index >= 15 is 0 Å². The number of aliphatic hydroxyl groups excluding tert-OH is 1. The van der Waals surface area contributed by atoms with E-state index in [4.69, 9.17) is 14.9 Å². The number of hydrogen-bond acceptors (Lipinski definition) is 4. The maximum atomic E-state index is 11.5. The van der Waals surface area contributed by atoms with Crippen molar-refractivity contribution < 1.29 is 24.5 Å². The first-order valence-corrected chi connectivity index (χ1v) is 6.09. The highest BCUT2D eigenvalue weighted by Crippen LogP contribution is 2.22. The highest BCUT2D eigenvalue weighted by molar-refractivity contribution is 5.82. The molecule has 7 heteroatoms. The third-order valence-corrected chi connectivity index (χ3v) is 2.85. The van der Waals surface area contributed by atoms with Crippen LogP contribution >= 0.6 is 0 Å². The number of nitrogens with one attached hydrogen (secondary N) is 2. The molecule has 1 aliphatic carbocycles. The topological polar surface area (TPSA) is 108 Å². The molecule has 0 aromatic carbocycles. The fourth-order valence-corrected chi connectivity index (χ4v) is 1.83. The predicted octanol–water partition coefficient (Wildman–Crippen LogP) is -0.311. The Bertz CT molecular complexity index is 291. The molecule has 2 amide bonds. The second-order valence-corrected chi connectivity index (χ2v) is 4.27. The maximum Gasteiger partial charge on any atom is 0.326 e. The average Bonchev–Trinajstić information content (AvgIpc) is 2.25. The number of urea groups is 1. The summed E-state index contributed by atoms with van der Waals surface area (Å²) < 4.78 is 5.35. The first-order valence-electron chi connectivity index (χ1n) is 6.09. The molecule has 0 unspecified atom stereocenters. The minimum absolute atomic E-state index is 0.00497. The average molecular weight is 260 g/mol. The number of aliphatic carboxylic acids is 1. The van der Waals surface area contributed by atoms with Gasteiger partial charge in [0.2, 0.25) is 0 Å². The number of carbonyl (C=O) groups excluding carboxylic acids is 1. The fraction of sp³-hybridized carbons (Fsp3) is 0.818. The van der Waals surface area contributed by atoms with Crippen LogP contribution in [0.4, 0.5) is 4.79 Å². The summed E-state index contributed by atoms with van der Waals surface area (Å²) in [6.07, 6.45) is 1.68. The van der Waals surface area contributed by atoms with Gasteiger partial charge in [-0.3, -0.25) is 0 Å². The molecule has 0 aromatic rings. The zero-order valence-corrected chi connectivity index (χ0v) is 10.4. The van der Waals surface area contributed by atoms with Gasteiger partial charge < -0.3 is 25.6 Å². The van der Waals surface area contributed by atoms with Crippen LogP contribution < -0.4 is 10.6 Å². The Labute approximate surface area is 106 Å². The third kappa shape index (κ3) is 4.50. The quantitative estimate of drug-likeness (QED) is 0.502. The van der Waals surface area contributed by atoms with Crippen molar-refractivity contribution >= 4 is 12.0 Å². The molecule has 0 aromatic heterocycles. The number of ether oxygens (including phenoxy) is 1. The summed E-state index contributed by atoms with van der Waals surface area (Å²) in [6, 6.07) is -1.54. The van der Waals surface area contributed by atoms with E-state index in [-0.39, 0.29) is 25.2 Å². The summed E-state index contributed by atoms with van der Waals surface area (Å²) in [6.45, 7) is 2.29. The number of aliphatic hydroxyl groups is 1. The minimum atomic E-state index is -1.15. The Hall–Kier alpha value is -1.34. The molecule has 1 atom stereocenters. The van der Waals surface area contributed by atoms with Gasteiger partial charge in [0.15, 0.2) is 0 Å². The zero-order chi connectivity index (χ0) is 13.5. The summed E-state index contributed by atoms with van der Waals surface area (Å²) in [7, 11) is 0. The van der Waals surface area contributed by atoms with Crippen molar-refractivity contribution in [3.63, 3.8) is 0 Å². The van der Waals surface area contributed by atoms with E-state index < -0.39 is 18.0 Å². The van der Waals surface area contributed by atoms with Gasteiger partial charge in [0, 0.05) is 25.7 Å². The Morgan fingerprint density at radius 3 is 2.61 bits per heavy atom. The van der Waals surface area contributed by atoms with Crippen LogP contribution in [-0.2, 0) is 9.53 Å². The van der Waals surface area contributed by atoms with Crippen LogP contribution in [0.15, 0.2) is 0 Å². The van der Waals surface area contributed by atoms with Gasteiger partial charge in [0.05, 0.1) is 6.10 Å². The van der Waals surface area contributed by atoms with Gasteiger partial charge >= 0.3 is 12.0 Å². The van der Waals surface area contributed by atoms with E-state index in [0.717, 1.165) is 12.8 Å². The van der Waals surface area contributed by atoms with Crippen molar-refractivity contribution in [1.29, 1.82) is 0 Å². The van der Waals surface area contributed by atoms with Crippen LogP contribution in [0.1, 0.15) is 26.2 Å². The molecule has 0 spiro atoms. The van der Waals surface area contributed by atoms with E-state index in [1.54, 1.807) is 0 Å². The number of carboxylic acids is 1. The van der Waals surface area contributed by atoms with E-state index in [1.807, 2.05) is 6.92 Å². The second-order valence-electron chi connectivity index (χ2n) is 4.27. The highest BCUT2D eigenvalue weighted by atomic mass is 16.5. The van der Waals surface area contributed by atoms with Crippen LogP contribution in [0.25, 0.3) is 0 Å². The molecule has 104 valence electrons. The van der Waals surface area contributed by atoms with Crippen molar-refractivity contribution in [2.45, 2.75) is 44.4 Å². The first-order chi connectivity index (χ1) is 8.56. The number of amides is 2. The minimum Gasteiger partial charge on any atom is -0.480 e. The van der Waals surface area contributed by atoms with E-state index in [9.17, 15) is 9.59 Å².